The van der Waals surface area contributed by atoms with Crippen molar-refractivity contribution in [2.24, 2.45) is 0 Å². The van der Waals surface area contributed by atoms with E-state index in [0.717, 1.165) is 32.1 Å². The maximum atomic E-state index is 12.7. The van der Waals surface area contributed by atoms with Gasteiger partial charge in [0.1, 0.15) is 5.01 Å². The highest BCUT2D eigenvalue weighted by atomic mass is 32.1. The summed E-state index contributed by atoms with van der Waals surface area (Å²) in [4.78, 5) is 32.1. The van der Waals surface area contributed by atoms with Crippen molar-refractivity contribution in [1.29, 1.82) is 0 Å². The number of anilines is 1. The molecule has 2 aromatic heterocycles. The quantitative estimate of drug-likeness (QED) is 0.316. The second-order valence-corrected chi connectivity index (χ2v) is 8.41. The number of nitrogens with zero attached hydrogens (tertiary/aromatic N) is 3. The zero-order chi connectivity index (χ0) is 21.1. The Bertz CT molecular complexity index is 1230. The van der Waals surface area contributed by atoms with Crippen molar-refractivity contribution in [1.82, 2.24) is 9.97 Å². The molecular weight excluding hydrogens is 420 g/mol. The van der Waals surface area contributed by atoms with E-state index in [1.807, 2.05) is 42.6 Å². The van der Waals surface area contributed by atoms with E-state index in [1.165, 1.54) is 34.8 Å². The number of aryl methyl sites for hydroxylation is 1. The van der Waals surface area contributed by atoms with Crippen molar-refractivity contribution in [3.05, 3.63) is 80.3 Å². The number of amides is 1. The average Bonchev–Trinajstić information content (AvgIpc) is 3.33. The molecule has 0 aliphatic carbocycles. The summed E-state index contributed by atoms with van der Waals surface area (Å²) in [5.74, 6) is -0.197. The lowest BCUT2D eigenvalue weighted by Crippen LogP contribution is -2.11. The highest BCUT2D eigenvalue weighted by Gasteiger charge is 2.15. The third kappa shape index (κ3) is 4.58. The minimum atomic E-state index is -0.439. The fourth-order valence-electron chi connectivity index (χ4n) is 2.84. The summed E-state index contributed by atoms with van der Waals surface area (Å²) in [6.45, 7) is 1.87. The van der Waals surface area contributed by atoms with Gasteiger partial charge in [-0.1, -0.05) is 12.1 Å². The van der Waals surface area contributed by atoms with E-state index in [-0.39, 0.29) is 18.0 Å². The van der Waals surface area contributed by atoms with Crippen LogP contribution in [0.4, 0.5) is 10.8 Å². The molecule has 0 spiro atoms. The van der Waals surface area contributed by atoms with Crippen LogP contribution in [0.5, 0.6) is 0 Å². The summed E-state index contributed by atoms with van der Waals surface area (Å²) in [5, 5.41) is 16.9. The van der Waals surface area contributed by atoms with Gasteiger partial charge in [0.2, 0.25) is 5.91 Å². The Morgan fingerprint density at radius 3 is 2.60 bits per heavy atom. The zero-order valence-electron chi connectivity index (χ0n) is 15.9. The van der Waals surface area contributed by atoms with Crippen molar-refractivity contribution in [3.63, 3.8) is 0 Å². The summed E-state index contributed by atoms with van der Waals surface area (Å²) >= 11 is 2.88. The molecule has 1 N–H and O–H groups in total. The largest absolute Gasteiger partial charge is 0.302 e. The van der Waals surface area contributed by atoms with Gasteiger partial charge in [-0.15, -0.1) is 22.7 Å². The smallest absolute Gasteiger partial charge is 0.269 e. The highest BCUT2D eigenvalue weighted by Crippen LogP contribution is 2.31. The molecule has 0 unspecified atom stereocenters. The fourth-order valence-corrected chi connectivity index (χ4v) is 4.52. The van der Waals surface area contributed by atoms with Gasteiger partial charge in [0.15, 0.2) is 5.13 Å². The molecule has 0 aliphatic heterocycles. The highest BCUT2D eigenvalue weighted by molar-refractivity contribution is 7.19. The first-order chi connectivity index (χ1) is 14.5. The van der Waals surface area contributed by atoms with Crippen LogP contribution in [-0.4, -0.2) is 20.8 Å². The molecule has 0 bridgehead atoms. The molecule has 150 valence electrons. The number of aromatic nitrogens is 2. The number of hydrogen-bond acceptors (Lipinski definition) is 7. The van der Waals surface area contributed by atoms with Crippen LogP contribution in [-0.2, 0) is 4.79 Å². The van der Waals surface area contributed by atoms with Gasteiger partial charge >= 0.3 is 0 Å². The van der Waals surface area contributed by atoms with E-state index in [9.17, 15) is 14.9 Å². The molecule has 30 heavy (non-hydrogen) atoms. The number of nitro groups is 1. The number of hydrogen-bond donors (Lipinski definition) is 1. The first-order valence-corrected chi connectivity index (χ1v) is 10.7. The maximum absolute atomic E-state index is 12.7. The lowest BCUT2D eigenvalue weighted by Gasteiger charge is -2.05. The maximum Gasteiger partial charge on any atom is 0.269 e. The summed E-state index contributed by atoms with van der Waals surface area (Å²) in [6.07, 6.45) is 1.95. The number of fused-ring (bicyclic) bond motifs is 1. The Hall–Kier alpha value is -3.43. The second-order valence-electron chi connectivity index (χ2n) is 6.52. The molecule has 0 aliphatic rings. The predicted octanol–water partition coefficient (Wildman–Crippen LogP) is 5.54. The Morgan fingerprint density at radius 2 is 1.93 bits per heavy atom. The van der Waals surface area contributed by atoms with Crippen LogP contribution in [0.15, 0.2) is 53.9 Å². The van der Waals surface area contributed by atoms with Gasteiger partial charge in [-0.3, -0.25) is 14.9 Å². The summed E-state index contributed by atoms with van der Waals surface area (Å²) in [7, 11) is 0. The Kier molecular flexibility index (Phi) is 5.64. The van der Waals surface area contributed by atoms with E-state index < -0.39 is 4.92 Å². The molecule has 0 saturated carbocycles. The van der Waals surface area contributed by atoms with Crippen LogP contribution >= 0.6 is 22.7 Å². The van der Waals surface area contributed by atoms with Crippen LogP contribution in [0.3, 0.4) is 0 Å². The van der Waals surface area contributed by atoms with Crippen LogP contribution in [0, 0.1) is 17.0 Å². The van der Waals surface area contributed by atoms with Crippen LogP contribution < -0.4 is 5.32 Å². The third-order valence-corrected chi connectivity index (χ3v) is 6.22. The van der Waals surface area contributed by atoms with Crippen LogP contribution in [0.2, 0.25) is 0 Å². The number of thiazole rings is 2. The zero-order valence-corrected chi connectivity index (χ0v) is 17.5. The number of carbonyl (C=O) groups excluding carboxylic acids is 1. The number of nitrogens with one attached hydrogen (secondary N) is 1. The summed E-state index contributed by atoms with van der Waals surface area (Å²) in [5.41, 5.74) is 3.22. The molecule has 4 aromatic rings. The van der Waals surface area contributed by atoms with E-state index in [4.69, 9.17) is 0 Å². The molecule has 9 heteroatoms. The minimum Gasteiger partial charge on any atom is -0.302 e. The molecule has 4 rings (SSSR count). The van der Waals surface area contributed by atoms with Gasteiger partial charge in [0.25, 0.3) is 5.69 Å². The van der Waals surface area contributed by atoms with Crippen molar-refractivity contribution in [2.45, 2.75) is 13.3 Å². The topological polar surface area (TPSA) is 98.0 Å². The second kappa shape index (κ2) is 8.52. The molecule has 0 fully saturated rings. The van der Waals surface area contributed by atoms with E-state index in [1.54, 1.807) is 12.1 Å². The van der Waals surface area contributed by atoms with Crippen LogP contribution in [0.25, 0.3) is 21.9 Å². The molecule has 1 amide bonds. The first kappa shape index (κ1) is 19.9. The van der Waals surface area contributed by atoms with E-state index in [2.05, 4.69) is 15.3 Å². The average molecular weight is 437 g/mol. The molecule has 2 aromatic carbocycles. The Labute approximate surface area is 179 Å². The van der Waals surface area contributed by atoms with Crippen molar-refractivity contribution < 1.29 is 9.72 Å². The summed E-state index contributed by atoms with van der Waals surface area (Å²) in [6, 6.07) is 14.0. The number of carbonyl (C=O) groups is 1. The lowest BCUT2D eigenvalue weighted by atomic mass is 10.1. The SMILES string of the molecule is Cc1csc(NC(=O)CC(=Cc2ccc([N+](=O)[O-])cc2)c2nc3ccccc3s2)n1. The number of non-ortho nitro benzene ring substituents is 1. The standard InChI is InChI=1S/C21H16N4O3S2/c1-13-12-29-21(22-13)24-19(26)11-15(10-14-6-8-16(9-7-14)25(27)28)20-23-17-4-2-3-5-18(17)30-20/h2-10,12H,11H2,1H3,(H,22,24,26). The Morgan fingerprint density at radius 1 is 1.17 bits per heavy atom. The molecule has 2 heterocycles. The number of benzene rings is 2. The number of rotatable bonds is 6. The van der Waals surface area contributed by atoms with Crippen LogP contribution in [0.1, 0.15) is 22.7 Å². The molecule has 0 radical (unpaired) electrons. The summed E-state index contributed by atoms with van der Waals surface area (Å²) < 4.78 is 1.03. The molecule has 0 saturated heterocycles. The predicted molar refractivity (Wildman–Crippen MR) is 121 cm³/mol. The van der Waals surface area contributed by atoms with E-state index >= 15 is 0 Å². The number of nitro benzene ring substituents is 1. The third-order valence-electron chi connectivity index (χ3n) is 4.23. The van der Waals surface area contributed by atoms with Gasteiger partial charge in [0.05, 0.1) is 27.3 Å². The minimum absolute atomic E-state index is 0.0190. The van der Waals surface area contributed by atoms with Gasteiger partial charge in [-0.05, 0) is 48.4 Å². The van der Waals surface area contributed by atoms with Crippen molar-refractivity contribution >= 4 is 61.3 Å². The van der Waals surface area contributed by atoms with Gasteiger partial charge in [-0.25, -0.2) is 9.97 Å². The molecule has 7 nitrogen and oxygen atoms in total. The Balaban J connectivity index is 1.66. The number of para-hydroxylation sites is 1. The van der Waals surface area contributed by atoms with Crippen molar-refractivity contribution in [2.75, 3.05) is 5.32 Å². The monoisotopic (exact) mass is 436 g/mol. The first-order valence-electron chi connectivity index (χ1n) is 9.01. The van der Waals surface area contributed by atoms with E-state index in [0.29, 0.717) is 5.13 Å². The van der Waals surface area contributed by atoms with Gasteiger partial charge in [0, 0.05) is 17.5 Å². The van der Waals surface area contributed by atoms with Gasteiger partial charge < -0.3 is 5.32 Å². The van der Waals surface area contributed by atoms with Gasteiger partial charge in [-0.2, -0.15) is 0 Å². The normalized spacial score (nSPS) is 11.6. The molecular formula is C21H16N4O3S2. The molecule has 0 atom stereocenters. The van der Waals surface area contributed by atoms with Crippen molar-refractivity contribution in [3.8, 4) is 0 Å². The fraction of sp³-hybridized carbons (Fsp3) is 0.0952. The lowest BCUT2D eigenvalue weighted by molar-refractivity contribution is -0.384.